The number of benzene rings is 3. The number of nitrogens with zero attached hydrogens (tertiary/aromatic N) is 2. The highest BCUT2D eigenvalue weighted by Gasteiger charge is 2.26. The number of carbonyl (C=O) groups excluding carboxylic acids is 1. The second-order valence-corrected chi connectivity index (χ2v) is 6.27. The van der Waals surface area contributed by atoms with Crippen molar-refractivity contribution >= 4 is 34.1 Å². The van der Waals surface area contributed by atoms with Crippen LogP contribution >= 0.6 is 0 Å². The molecule has 1 heterocycles. The van der Waals surface area contributed by atoms with Gasteiger partial charge in [0.2, 0.25) is 11.3 Å². The van der Waals surface area contributed by atoms with E-state index in [9.17, 15) is 10.0 Å². The molecule has 7 nitrogen and oxygen atoms in total. The van der Waals surface area contributed by atoms with E-state index in [0.29, 0.717) is 32.9 Å². The summed E-state index contributed by atoms with van der Waals surface area (Å²) < 4.78 is 5.73. The van der Waals surface area contributed by atoms with Crippen molar-refractivity contribution in [3.63, 3.8) is 0 Å². The fourth-order valence-electron chi connectivity index (χ4n) is 2.93. The third-order valence-corrected chi connectivity index (χ3v) is 4.36. The lowest BCUT2D eigenvalue weighted by atomic mass is 10.2. The summed E-state index contributed by atoms with van der Waals surface area (Å²) in [6.45, 7) is 0. The van der Waals surface area contributed by atoms with Gasteiger partial charge in [-0.05, 0) is 42.5 Å². The Morgan fingerprint density at radius 2 is 1.62 bits per heavy atom. The first-order valence-electron chi connectivity index (χ1n) is 8.95. The number of nitrogens with one attached hydrogen (secondary N) is 2. The number of fused-ring (bicyclic) bond motifs is 1. The van der Waals surface area contributed by atoms with Gasteiger partial charge in [-0.2, -0.15) is 4.73 Å². The zero-order chi connectivity index (χ0) is 20.2. The molecule has 2 N–H and O–H groups in total. The number of amides is 1. The summed E-state index contributed by atoms with van der Waals surface area (Å²) in [4.78, 5) is 17.5. The van der Waals surface area contributed by atoms with Crippen LogP contribution < -0.4 is 20.1 Å². The molecule has 29 heavy (non-hydrogen) atoms. The second kappa shape index (κ2) is 7.85. The number of hydrogen-bond donors (Lipinski definition) is 2. The average molecular weight is 386 g/mol. The molecule has 0 saturated carbocycles. The smallest absolute Gasteiger partial charge is 0.325 e. The molecule has 0 aliphatic carbocycles. The molecule has 4 rings (SSSR count). The van der Waals surface area contributed by atoms with Crippen molar-refractivity contribution in [2.75, 3.05) is 17.7 Å². The Balaban J connectivity index is 1.76. The summed E-state index contributed by atoms with van der Waals surface area (Å²) >= 11 is 0. The molecule has 3 aromatic carbocycles. The molecule has 1 aromatic heterocycles. The van der Waals surface area contributed by atoms with Crippen LogP contribution in [0.4, 0.5) is 17.2 Å². The second-order valence-electron chi connectivity index (χ2n) is 6.27. The standard InChI is InChI=1S/C22H18N4O3/c1-29-17-13-11-16(12-14-17)24-22(27)20-21(23-15-7-3-2-4-8-15)25-18-9-5-6-10-19(18)26(20)28/h2-14H,1H3,(H,23,25)(H,24,27). The summed E-state index contributed by atoms with van der Waals surface area (Å²) in [6.07, 6.45) is 0. The summed E-state index contributed by atoms with van der Waals surface area (Å²) in [5, 5.41) is 18.9. The molecular formula is C22H18N4O3. The molecule has 7 heteroatoms. The maximum Gasteiger partial charge on any atom is 0.325 e. The topological polar surface area (TPSA) is 90.2 Å². The first-order valence-corrected chi connectivity index (χ1v) is 8.95. The van der Waals surface area contributed by atoms with Crippen molar-refractivity contribution in [1.29, 1.82) is 0 Å². The Bertz CT molecular complexity index is 1160. The quantitative estimate of drug-likeness (QED) is 0.401. The fraction of sp³-hybridized carbons (Fsp3) is 0.0455. The number of methoxy groups -OCH3 is 1. The number of rotatable bonds is 5. The predicted molar refractivity (Wildman–Crippen MR) is 111 cm³/mol. The molecular weight excluding hydrogens is 368 g/mol. The van der Waals surface area contributed by atoms with Gasteiger partial charge in [0, 0.05) is 17.4 Å². The normalized spacial score (nSPS) is 10.5. The minimum absolute atomic E-state index is 0.122. The van der Waals surface area contributed by atoms with E-state index < -0.39 is 5.91 Å². The minimum Gasteiger partial charge on any atom is -0.618 e. The van der Waals surface area contributed by atoms with Crippen LogP contribution in [-0.2, 0) is 0 Å². The molecule has 0 aliphatic rings. The van der Waals surface area contributed by atoms with E-state index >= 15 is 0 Å². The number of carbonyl (C=O) groups is 1. The summed E-state index contributed by atoms with van der Waals surface area (Å²) in [5.74, 6) is 0.276. The Morgan fingerprint density at radius 3 is 2.34 bits per heavy atom. The molecule has 0 spiro atoms. The zero-order valence-corrected chi connectivity index (χ0v) is 15.6. The Labute approximate surface area is 167 Å². The lowest BCUT2D eigenvalue weighted by molar-refractivity contribution is -0.578. The SMILES string of the molecule is COc1ccc(NC(=O)c2c(Nc3ccccc3)nc3ccccc3[n+]2[O-])cc1. The van der Waals surface area contributed by atoms with E-state index in [1.807, 2.05) is 30.3 Å². The van der Waals surface area contributed by atoms with Crippen molar-refractivity contribution in [3.05, 3.63) is 89.8 Å². The number of hydrogen-bond acceptors (Lipinski definition) is 5. The Morgan fingerprint density at radius 1 is 0.931 bits per heavy atom. The van der Waals surface area contributed by atoms with E-state index in [-0.39, 0.29) is 11.5 Å². The van der Waals surface area contributed by atoms with Crippen molar-refractivity contribution < 1.29 is 14.3 Å². The highest BCUT2D eigenvalue weighted by molar-refractivity contribution is 6.06. The van der Waals surface area contributed by atoms with E-state index in [4.69, 9.17) is 4.74 Å². The van der Waals surface area contributed by atoms with Crippen molar-refractivity contribution in [3.8, 4) is 5.75 Å². The van der Waals surface area contributed by atoms with E-state index in [2.05, 4.69) is 15.6 Å². The highest BCUT2D eigenvalue weighted by atomic mass is 16.5. The molecule has 0 bridgehead atoms. The van der Waals surface area contributed by atoms with Gasteiger partial charge in [-0.3, -0.25) is 4.79 Å². The molecule has 4 aromatic rings. The molecule has 0 fully saturated rings. The molecule has 0 atom stereocenters. The van der Waals surface area contributed by atoms with E-state index in [1.54, 1.807) is 55.6 Å². The number of anilines is 3. The zero-order valence-electron chi connectivity index (χ0n) is 15.6. The number of para-hydroxylation sites is 3. The Kier molecular flexibility index (Phi) is 4.94. The van der Waals surface area contributed by atoms with Gasteiger partial charge in [0.25, 0.3) is 0 Å². The average Bonchev–Trinajstić information content (AvgIpc) is 2.75. The van der Waals surface area contributed by atoms with Crippen LogP contribution in [0.25, 0.3) is 11.0 Å². The highest BCUT2D eigenvalue weighted by Crippen LogP contribution is 2.22. The van der Waals surface area contributed by atoms with Gasteiger partial charge < -0.3 is 20.6 Å². The molecule has 1 amide bonds. The van der Waals surface area contributed by atoms with Crippen molar-refractivity contribution in [2.24, 2.45) is 0 Å². The first kappa shape index (κ1) is 18.2. The van der Waals surface area contributed by atoms with Crippen LogP contribution in [0.1, 0.15) is 10.5 Å². The lowest BCUT2D eigenvalue weighted by Crippen LogP contribution is -2.39. The van der Waals surface area contributed by atoms with Gasteiger partial charge in [-0.1, -0.05) is 30.3 Å². The van der Waals surface area contributed by atoms with Crippen molar-refractivity contribution in [2.45, 2.75) is 0 Å². The van der Waals surface area contributed by atoms with Crippen LogP contribution in [0.3, 0.4) is 0 Å². The molecule has 144 valence electrons. The van der Waals surface area contributed by atoms with Gasteiger partial charge in [0.1, 0.15) is 11.3 Å². The summed E-state index contributed by atoms with van der Waals surface area (Å²) in [7, 11) is 1.57. The monoisotopic (exact) mass is 386 g/mol. The van der Waals surface area contributed by atoms with Gasteiger partial charge >= 0.3 is 11.6 Å². The lowest BCUT2D eigenvalue weighted by Gasteiger charge is -2.13. The van der Waals surface area contributed by atoms with Crippen molar-refractivity contribution in [1.82, 2.24) is 4.98 Å². The third-order valence-electron chi connectivity index (χ3n) is 4.36. The Hall–Kier alpha value is -4.13. The maximum absolute atomic E-state index is 13.0. The van der Waals surface area contributed by atoms with Crippen LogP contribution in [-0.4, -0.2) is 18.0 Å². The largest absolute Gasteiger partial charge is 0.618 e. The maximum atomic E-state index is 13.0. The van der Waals surface area contributed by atoms with Gasteiger partial charge in [0.15, 0.2) is 0 Å². The van der Waals surface area contributed by atoms with E-state index in [1.165, 1.54) is 0 Å². The fourth-order valence-corrected chi connectivity index (χ4v) is 2.93. The summed E-state index contributed by atoms with van der Waals surface area (Å²) in [6, 6.07) is 23.0. The van der Waals surface area contributed by atoms with Gasteiger partial charge in [-0.25, -0.2) is 4.98 Å². The number of ether oxygens (including phenoxy) is 1. The van der Waals surface area contributed by atoms with Crippen LogP contribution in [0, 0.1) is 5.21 Å². The third kappa shape index (κ3) is 3.79. The van der Waals surface area contributed by atoms with Gasteiger partial charge in [-0.15, -0.1) is 0 Å². The molecule has 0 radical (unpaired) electrons. The predicted octanol–water partition coefficient (Wildman–Crippen LogP) is 3.87. The number of aromatic nitrogens is 2. The first-order chi connectivity index (χ1) is 14.2. The van der Waals surface area contributed by atoms with Gasteiger partial charge in [0.05, 0.1) is 7.11 Å². The molecule has 0 saturated heterocycles. The molecule has 0 aliphatic heterocycles. The van der Waals surface area contributed by atoms with Crippen LogP contribution in [0.2, 0.25) is 0 Å². The minimum atomic E-state index is -0.568. The van der Waals surface area contributed by atoms with E-state index in [0.717, 1.165) is 0 Å². The van der Waals surface area contributed by atoms with Crippen LogP contribution in [0.5, 0.6) is 5.75 Å². The molecule has 0 unspecified atom stereocenters. The summed E-state index contributed by atoms with van der Waals surface area (Å²) in [5.41, 5.74) is 1.93. The van der Waals surface area contributed by atoms with Crippen LogP contribution in [0.15, 0.2) is 78.9 Å².